The summed E-state index contributed by atoms with van der Waals surface area (Å²) in [7, 11) is 0. The van der Waals surface area contributed by atoms with Gasteiger partial charge in [-0.25, -0.2) is 14.8 Å². The van der Waals surface area contributed by atoms with Gasteiger partial charge in [0.1, 0.15) is 18.0 Å². The van der Waals surface area contributed by atoms with Crippen LogP contribution in [-0.2, 0) is 6.54 Å². The molecule has 2 amide bonds. The minimum Gasteiger partial charge on any atom is -0.394 e. The Morgan fingerprint density at radius 2 is 1.85 bits per heavy atom. The number of hydrogen-bond donors (Lipinski definition) is 4. The molecule has 0 saturated carbocycles. The molecular weight excluding hydrogens is 416 g/mol. The van der Waals surface area contributed by atoms with Crippen LogP contribution in [0.5, 0.6) is 0 Å². The summed E-state index contributed by atoms with van der Waals surface area (Å²) in [5.41, 5.74) is 3.56. The van der Waals surface area contributed by atoms with Gasteiger partial charge in [-0.1, -0.05) is 24.3 Å². The smallest absolute Gasteiger partial charge is 0.323 e. The lowest BCUT2D eigenvalue weighted by Gasteiger charge is -2.35. The van der Waals surface area contributed by atoms with Crippen LogP contribution in [0.1, 0.15) is 30.4 Å². The Kier molecular flexibility index (Phi) is 7.36. The number of urea groups is 1. The molecule has 8 nitrogen and oxygen atoms in total. The lowest BCUT2D eigenvalue weighted by molar-refractivity contribution is 0.239. The average Bonchev–Trinajstić information content (AvgIpc) is 2.83. The lowest BCUT2D eigenvalue weighted by atomic mass is 10.0. The summed E-state index contributed by atoms with van der Waals surface area (Å²) in [6, 6.07) is 17.1. The average molecular weight is 447 g/mol. The van der Waals surface area contributed by atoms with E-state index in [0.717, 1.165) is 54.3 Å². The van der Waals surface area contributed by atoms with Crippen LogP contribution in [-0.4, -0.2) is 40.3 Å². The highest BCUT2D eigenvalue weighted by atomic mass is 16.3. The number of aromatic nitrogens is 2. The van der Waals surface area contributed by atoms with Crippen LogP contribution >= 0.6 is 0 Å². The minimum atomic E-state index is -0.286. The molecule has 1 saturated heterocycles. The van der Waals surface area contributed by atoms with E-state index < -0.39 is 0 Å². The third-order valence-electron chi connectivity index (χ3n) is 5.72. The number of rotatable bonds is 7. The summed E-state index contributed by atoms with van der Waals surface area (Å²) >= 11 is 0. The Bertz CT molecular complexity index is 1090. The van der Waals surface area contributed by atoms with Crippen LogP contribution in [0.25, 0.3) is 0 Å². The highest BCUT2D eigenvalue weighted by Crippen LogP contribution is 2.24. The molecule has 3 aromatic rings. The number of benzene rings is 2. The van der Waals surface area contributed by atoms with E-state index in [4.69, 9.17) is 0 Å². The number of carbonyl (C=O) groups is 1. The summed E-state index contributed by atoms with van der Waals surface area (Å²) in [6.45, 7) is 3.55. The molecule has 1 fully saturated rings. The molecule has 0 bridgehead atoms. The molecule has 0 spiro atoms. The number of amides is 2. The van der Waals surface area contributed by atoms with E-state index in [1.807, 2.05) is 61.5 Å². The summed E-state index contributed by atoms with van der Waals surface area (Å²) in [6.07, 6.45) is 4.75. The number of aryl methyl sites for hydroxylation is 1. The number of carbonyl (C=O) groups excluding carboxylic acids is 1. The van der Waals surface area contributed by atoms with Gasteiger partial charge in [0.25, 0.3) is 0 Å². The Balaban J connectivity index is 1.35. The zero-order valence-electron chi connectivity index (χ0n) is 18.8. The van der Waals surface area contributed by atoms with Gasteiger partial charge in [-0.05, 0) is 61.6 Å². The van der Waals surface area contributed by atoms with Crippen molar-refractivity contribution in [1.29, 1.82) is 0 Å². The van der Waals surface area contributed by atoms with Crippen molar-refractivity contribution in [1.82, 2.24) is 9.97 Å². The first kappa shape index (κ1) is 22.5. The molecule has 172 valence electrons. The van der Waals surface area contributed by atoms with Crippen molar-refractivity contribution < 1.29 is 9.90 Å². The van der Waals surface area contributed by atoms with Crippen LogP contribution in [0.2, 0.25) is 0 Å². The molecule has 0 radical (unpaired) electrons. The predicted octanol–water partition coefficient (Wildman–Crippen LogP) is 4.39. The molecule has 2 heterocycles. The van der Waals surface area contributed by atoms with Crippen molar-refractivity contribution in [2.24, 2.45) is 0 Å². The molecule has 2 aromatic carbocycles. The van der Waals surface area contributed by atoms with E-state index in [1.54, 1.807) is 6.33 Å². The van der Waals surface area contributed by atoms with Gasteiger partial charge in [-0.15, -0.1) is 0 Å². The van der Waals surface area contributed by atoms with Gasteiger partial charge in [-0.2, -0.15) is 0 Å². The standard InChI is InChI=1S/C25H30N6O2/c1-18-6-4-8-20(12-18)29-25(33)30-21-9-5-7-19(13-21)15-26-23-14-24(28-17-27-23)31-11-3-2-10-22(31)16-32/h4-9,12-14,17,22,32H,2-3,10-11,15-16H2,1H3,(H,26,27,28)(H2,29,30,33). The van der Waals surface area contributed by atoms with Crippen LogP contribution < -0.4 is 20.9 Å². The first-order valence-electron chi connectivity index (χ1n) is 11.3. The van der Waals surface area contributed by atoms with Gasteiger partial charge in [0.15, 0.2) is 0 Å². The molecule has 33 heavy (non-hydrogen) atoms. The SMILES string of the molecule is Cc1cccc(NC(=O)Nc2cccc(CNc3cc(N4CCCCC4CO)ncn3)c2)c1. The number of nitrogens with zero attached hydrogens (tertiary/aromatic N) is 3. The number of nitrogens with one attached hydrogen (secondary N) is 3. The molecule has 1 unspecified atom stereocenters. The highest BCUT2D eigenvalue weighted by Gasteiger charge is 2.23. The van der Waals surface area contributed by atoms with E-state index in [9.17, 15) is 9.90 Å². The van der Waals surface area contributed by atoms with Crippen LogP contribution in [0.3, 0.4) is 0 Å². The van der Waals surface area contributed by atoms with E-state index in [0.29, 0.717) is 12.2 Å². The van der Waals surface area contributed by atoms with Crippen LogP contribution in [0.15, 0.2) is 60.9 Å². The zero-order chi connectivity index (χ0) is 23.0. The normalized spacial score (nSPS) is 15.7. The number of anilines is 4. The Hall–Kier alpha value is -3.65. The summed E-state index contributed by atoms with van der Waals surface area (Å²) in [5, 5.41) is 18.8. The van der Waals surface area contributed by atoms with Gasteiger partial charge in [0, 0.05) is 30.5 Å². The van der Waals surface area contributed by atoms with E-state index in [1.165, 1.54) is 0 Å². The predicted molar refractivity (Wildman–Crippen MR) is 132 cm³/mol. The molecule has 4 N–H and O–H groups in total. The molecule has 1 aromatic heterocycles. The lowest BCUT2D eigenvalue weighted by Crippen LogP contribution is -2.42. The van der Waals surface area contributed by atoms with Gasteiger partial charge < -0.3 is 26.0 Å². The Morgan fingerprint density at radius 3 is 2.64 bits per heavy atom. The summed E-state index contributed by atoms with van der Waals surface area (Å²) < 4.78 is 0. The van der Waals surface area contributed by atoms with Crippen molar-refractivity contribution in [2.45, 2.75) is 38.8 Å². The first-order valence-corrected chi connectivity index (χ1v) is 11.3. The minimum absolute atomic E-state index is 0.107. The number of piperidine rings is 1. The fraction of sp³-hybridized carbons (Fsp3) is 0.320. The van der Waals surface area contributed by atoms with E-state index in [2.05, 4.69) is 30.8 Å². The Labute approximate surface area is 194 Å². The number of aliphatic hydroxyl groups excluding tert-OH is 1. The summed E-state index contributed by atoms with van der Waals surface area (Å²) in [5.74, 6) is 1.55. The third kappa shape index (κ3) is 6.20. The molecular formula is C25H30N6O2. The van der Waals surface area contributed by atoms with Crippen LogP contribution in [0, 0.1) is 6.92 Å². The van der Waals surface area contributed by atoms with Crippen molar-refractivity contribution in [2.75, 3.05) is 34.0 Å². The van der Waals surface area contributed by atoms with Gasteiger partial charge in [-0.3, -0.25) is 0 Å². The fourth-order valence-electron chi connectivity index (χ4n) is 4.06. The second kappa shape index (κ2) is 10.8. The number of aliphatic hydroxyl groups is 1. The fourth-order valence-corrected chi connectivity index (χ4v) is 4.06. The molecule has 0 aliphatic carbocycles. The maximum Gasteiger partial charge on any atom is 0.323 e. The molecule has 8 heteroatoms. The molecule has 1 aliphatic rings. The molecule has 1 aliphatic heterocycles. The van der Waals surface area contributed by atoms with Crippen molar-refractivity contribution in [3.05, 3.63) is 72.1 Å². The van der Waals surface area contributed by atoms with E-state index >= 15 is 0 Å². The maximum atomic E-state index is 12.3. The zero-order valence-corrected chi connectivity index (χ0v) is 18.8. The number of hydrogen-bond acceptors (Lipinski definition) is 6. The highest BCUT2D eigenvalue weighted by molar-refractivity contribution is 5.99. The second-order valence-electron chi connectivity index (χ2n) is 8.29. The van der Waals surface area contributed by atoms with Crippen molar-refractivity contribution in [3.8, 4) is 0 Å². The maximum absolute atomic E-state index is 12.3. The van der Waals surface area contributed by atoms with Crippen LogP contribution in [0.4, 0.5) is 27.8 Å². The van der Waals surface area contributed by atoms with Gasteiger partial charge in [0.05, 0.1) is 12.6 Å². The topological polar surface area (TPSA) is 102 Å². The molecule has 1 atom stereocenters. The summed E-state index contributed by atoms with van der Waals surface area (Å²) in [4.78, 5) is 23.3. The monoisotopic (exact) mass is 446 g/mol. The molecule has 4 rings (SSSR count). The van der Waals surface area contributed by atoms with Gasteiger partial charge in [0.2, 0.25) is 0 Å². The third-order valence-corrected chi connectivity index (χ3v) is 5.72. The quantitative estimate of drug-likeness (QED) is 0.429. The van der Waals surface area contributed by atoms with Crippen molar-refractivity contribution in [3.63, 3.8) is 0 Å². The Morgan fingerprint density at radius 1 is 1.06 bits per heavy atom. The largest absolute Gasteiger partial charge is 0.394 e. The van der Waals surface area contributed by atoms with E-state index in [-0.39, 0.29) is 18.7 Å². The second-order valence-corrected chi connectivity index (χ2v) is 8.29. The van der Waals surface area contributed by atoms with Gasteiger partial charge >= 0.3 is 6.03 Å². The first-order chi connectivity index (χ1) is 16.1. The van der Waals surface area contributed by atoms with Crippen molar-refractivity contribution >= 4 is 29.0 Å².